The van der Waals surface area contributed by atoms with Crippen LogP contribution in [0.2, 0.25) is 0 Å². The van der Waals surface area contributed by atoms with Gasteiger partial charge in [0.2, 0.25) is 0 Å². The van der Waals surface area contributed by atoms with Gasteiger partial charge >= 0.3 is 0 Å². The van der Waals surface area contributed by atoms with E-state index < -0.39 is 16.1 Å². The van der Waals surface area contributed by atoms with Crippen LogP contribution in [0.3, 0.4) is 0 Å². The van der Waals surface area contributed by atoms with Crippen molar-refractivity contribution in [3.05, 3.63) is 46.2 Å². The molecule has 1 aliphatic carbocycles. The van der Waals surface area contributed by atoms with Crippen LogP contribution < -0.4 is 5.32 Å². The van der Waals surface area contributed by atoms with Gasteiger partial charge in [-0.05, 0) is 59.0 Å². The number of fused-ring (bicyclic) bond motifs is 1. The highest BCUT2D eigenvalue weighted by atomic mass is 79.9. The lowest BCUT2D eigenvalue weighted by Crippen LogP contribution is -2.23. The Bertz CT molecular complexity index is 1140. The number of hydrogen-bond donors (Lipinski definition) is 2. The fraction of sp³-hybridized carbons (Fsp3) is 0.333. The van der Waals surface area contributed by atoms with E-state index in [1.54, 1.807) is 6.20 Å². The molecule has 0 bridgehead atoms. The predicted octanol–water partition coefficient (Wildman–Crippen LogP) is 2.61. The zero-order valence-electron chi connectivity index (χ0n) is 14.8. The summed E-state index contributed by atoms with van der Waals surface area (Å²) in [5, 5.41) is 17.9. The third kappa shape index (κ3) is 3.64. The molecule has 2 aromatic heterocycles. The summed E-state index contributed by atoms with van der Waals surface area (Å²) in [5.41, 5.74) is 3.56. The lowest BCUT2D eigenvalue weighted by molar-refractivity contribution is 0.136. The molecular formula is C18H19BrN4O3S. The first-order valence-electron chi connectivity index (χ1n) is 8.53. The number of halogens is 1. The first-order chi connectivity index (χ1) is 12.7. The summed E-state index contributed by atoms with van der Waals surface area (Å²) in [7, 11) is -3.45. The molecular weight excluding hydrogens is 432 g/mol. The molecule has 7 nitrogen and oxygen atoms in total. The largest absolute Gasteiger partial charge is 0.374 e. The summed E-state index contributed by atoms with van der Waals surface area (Å²) in [6.45, 7) is 1.94. The van der Waals surface area contributed by atoms with E-state index in [1.807, 2.05) is 25.1 Å². The highest BCUT2D eigenvalue weighted by molar-refractivity contribution is 9.10. The molecule has 4 rings (SSSR count). The van der Waals surface area contributed by atoms with Crippen molar-refractivity contribution in [2.45, 2.75) is 36.9 Å². The normalized spacial score (nSPS) is 16.0. The van der Waals surface area contributed by atoms with Crippen LogP contribution in [0.25, 0.3) is 16.9 Å². The van der Waals surface area contributed by atoms with Crippen LogP contribution in [0.4, 0.5) is 0 Å². The molecule has 0 amide bonds. The number of aliphatic hydroxyl groups is 1. The molecule has 0 spiro atoms. The topological polar surface area (TPSA) is 96.6 Å². The van der Waals surface area contributed by atoms with E-state index in [-0.39, 0.29) is 10.5 Å². The molecule has 1 fully saturated rings. The minimum atomic E-state index is -3.45. The van der Waals surface area contributed by atoms with Gasteiger partial charge in [0, 0.05) is 17.9 Å². The van der Waals surface area contributed by atoms with Gasteiger partial charge in [0.25, 0.3) is 0 Å². The summed E-state index contributed by atoms with van der Waals surface area (Å²) >= 11 is 3.28. The molecule has 1 unspecified atom stereocenters. The molecule has 2 N–H and O–H groups in total. The van der Waals surface area contributed by atoms with Crippen molar-refractivity contribution in [3.8, 4) is 11.3 Å². The van der Waals surface area contributed by atoms with Gasteiger partial charge in [0.1, 0.15) is 15.7 Å². The summed E-state index contributed by atoms with van der Waals surface area (Å²) in [6, 6.07) is 7.55. The quantitative estimate of drug-likeness (QED) is 0.579. The van der Waals surface area contributed by atoms with Crippen molar-refractivity contribution >= 4 is 31.4 Å². The van der Waals surface area contributed by atoms with Crippen LogP contribution in [0, 0.1) is 6.92 Å². The second kappa shape index (κ2) is 6.66. The summed E-state index contributed by atoms with van der Waals surface area (Å²) in [4.78, 5) is 4.39. The van der Waals surface area contributed by atoms with E-state index >= 15 is 0 Å². The lowest BCUT2D eigenvalue weighted by atomic mass is 10.0. The molecule has 27 heavy (non-hydrogen) atoms. The van der Waals surface area contributed by atoms with Gasteiger partial charge < -0.3 is 5.11 Å². The number of aromatic nitrogens is 3. The number of aryl methyl sites for hydroxylation is 1. The molecule has 0 saturated heterocycles. The summed E-state index contributed by atoms with van der Waals surface area (Å²) in [5.74, 6) is 0. The van der Waals surface area contributed by atoms with Crippen LogP contribution in [-0.4, -0.2) is 40.4 Å². The van der Waals surface area contributed by atoms with Gasteiger partial charge in [0.05, 0.1) is 11.9 Å². The Morgan fingerprint density at radius 2 is 2.07 bits per heavy atom. The van der Waals surface area contributed by atoms with Gasteiger partial charge in [-0.3, -0.25) is 5.32 Å². The van der Waals surface area contributed by atoms with E-state index in [1.165, 1.54) is 10.6 Å². The van der Waals surface area contributed by atoms with Crippen molar-refractivity contribution < 1.29 is 13.5 Å². The third-order valence-electron chi connectivity index (χ3n) is 4.63. The fourth-order valence-corrected chi connectivity index (χ4v) is 4.42. The zero-order valence-corrected chi connectivity index (χ0v) is 17.2. The van der Waals surface area contributed by atoms with Crippen molar-refractivity contribution in [2.24, 2.45) is 0 Å². The Labute approximate surface area is 165 Å². The first-order valence-corrected chi connectivity index (χ1v) is 11.2. The smallest absolute Gasteiger partial charge is 0.179 e. The van der Waals surface area contributed by atoms with E-state index in [2.05, 4.69) is 31.3 Å². The van der Waals surface area contributed by atoms with Gasteiger partial charge in [0.15, 0.2) is 15.5 Å². The average Bonchev–Trinajstić information content (AvgIpc) is 3.29. The van der Waals surface area contributed by atoms with Crippen molar-refractivity contribution in [2.75, 3.05) is 6.26 Å². The molecule has 0 radical (unpaired) electrons. The van der Waals surface area contributed by atoms with Crippen molar-refractivity contribution in [3.63, 3.8) is 0 Å². The van der Waals surface area contributed by atoms with Crippen LogP contribution in [-0.2, 0) is 9.84 Å². The number of benzene rings is 1. The van der Waals surface area contributed by atoms with Gasteiger partial charge in [-0.1, -0.05) is 12.1 Å². The number of hydrogen-bond acceptors (Lipinski definition) is 6. The Kier molecular flexibility index (Phi) is 4.58. The number of aliphatic hydroxyl groups excluding tert-OH is 1. The number of rotatable bonds is 5. The molecule has 3 aromatic rings. The maximum Gasteiger partial charge on any atom is 0.179 e. The molecule has 2 heterocycles. The van der Waals surface area contributed by atoms with Gasteiger partial charge in [-0.15, -0.1) is 0 Å². The minimum Gasteiger partial charge on any atom is -0.374 e. The molecule has 1 saturated carbocycles. The van der Waals surface area contributed by atoms with E-state index in [0.29, 0.717) is 16.3 Å². The van der Waals surface area contributed by atoms with E-state index in [4.69, 9.17) is 0 Å². The Morgan fingerprint density at radius 3 is 2.70 bits per heavy atom. The van der Waals surface area contributed by atoms with Crippen LogP contribution in [0.1, 0.15) is 30.2 Å². The monoisotopic (exact) mass is 450 g/mol. The Hall–Kier alpha value is -1.81. The van der Waals surface area contributed by atoms with Crippen molar-refractivity contribution in [1.82, 2.24) is 19.9 Å². The number of imidazole rings is 1. The molecule has 1 aromatic carbocycles. The molecule has 1 aliphatic rings. The van der Waals surface area contributed by atoms with Crippen LogP contribution in [0.5, 0.6) is 0 Å². The lowest BCUT2D eigenvalue weighted by Gasteiger charge is -2.16. The van der Waals surface area contributed by atoms with E-state index in [0.717, 1.165) is 35.8 Å². The summed E-state index contributed by atoms with van der Waals surface area (Å²) in [6.07, 6.45) is 4.25. The number of sulfone groups is 1. The van der Waals surface area contributed by atoms with Gasteiger partial charge in [-0.25, -0.2) is 17.9 Å². The molecule has 0 aliphatic heterocycles. The molecule has 1 atom stereocenters. The molecule has 9 heteroatoms. The third-order valence-corrected chi connectivity index (χ3v) is 6.12. The summed E-state index contributed by atoms with van der Waals surface area (Å²) < 4.78 is 26.1. The highest BCUT2D eigenvalue weighted by Gasteiger charge is 2.25. The zero-order chi connectivity index (χ0) is 19.3. The standard InChI is InChI=1S/C18H19BrN4O3S/c1-10-7-11(3-6-13(10)18(24)21-12-4-5-12)14-9-20-17-15(27(2,25)26)8-16(19)22-23(14)17/h3,6-9,12,18,21,24H,4-5H2,1-2H3. The highest BCUT2D eigenvalue weighted by Crippen LogP contribution is 2.29. The van der Waals surface area contributed by atoms with Crippen molar-refractivity contribution in [1.29, 1.82) is 0 Å². The minimum absolute atomic E-state index is 0.119. The predicted molar refractivity (Wildman–Crippen MR) is 105 cm³/mol. The fourth-order valence-electron chi connectivity index (χ4n) is 3.09. The maximum absolute atomic E-state index is 12.1. The molecule has 142 valence electrons. The Balaban J connectivity index is 1.78. The van der Waals surface area contributed by atoms with E-state index in [9.17, 15) is 13.5 Å². The average molecular weight is 451 g/mol. The SMILES string of the molecule is Cc1cc(-c2cnc3c(S(C)(=O)=O)cc(Br)nn23)ccc1C(O)NC1CC1. The van der Waals surface area contributed by atoms with Crippen LogP contribution in [0.15, 0.2) is 40.0 Å². The van der Waals surface area contributed by atoms with Gasteiger partial charge in [-0.2, -0.15) is 5.10 Å². The first kappa shape index (κ1) is 18.5. The second-order valence-electron chi connectivity index (χ2n) is 6.90. The maximum atomic E-state index is 12.1. The second-order valence-corrected chi connectivity index (χ2v) is 9.69. The Morgan fingerprint density at radius 1 is 1.33 bits per heavy atom. The number of nitrogens with zero attached hydrogens (tertiary/aromatic N) is 3. The number of nitrogens with one attached hydrogen (secondary N) is 1. The van der Waals surface area contributed by atoms with Crippen LogP contribution >= 0.6 is 15.9 Å².